The van der Waals surface area contributed by atoms with Gasteiger partial charge in [0.25, 0.3) is 0 Å². The maximum atomic E-state index is 5.59. The average Bonchev–Trinajstić information content (AvgIpc) is 2.14. The van der Waals surface area contributed by atoms with Crippen molar-refractivity contribution < 1.29 is 0 Å². The van der Waals surface area contributed by atoms with Gasteiger partial charge < -0.3 is 11.5 Å². The summed E-state index contributed by atoms with van der Waals surface area (Å²) in [7, 11) is 0. The minimum Gasteiger partial charge on any atom is -0.402 e. The summed E-state index contributed by atoms with van der Waals surface area (Å²) in [6.45, 7) is 0.659. The van der Waals surface area contributed by atoms with Crippen LogP contribution in [0.4, 0.5) is 0 Å². The van der Waals surface area contributed by atoms with Gasteiger partial charge in [-0.25, -0.2) is 0 Å². The molecule has 4 N–H and O–H groups in total. The van der Waals surface area contributed by atoms with Gasteiger partial charge in [0.15, 0.2) is 0 Å². The van der Waals surface area contributed by atoms with E-state index in [-0.39, 0.29) is 0 Å². The van der Waals surface area contributed by atoms with E-state index in [1.165, 1.54) is 12.0 Å². The molecule has 8 heavy (non-hydrogen) atoms. The molecule has 1 aliphatic rings. The summed E-state index contributed by atoms with van der Waals surface area (Å²) in [6, 6.07) is 0. The maximum absolute atomic E-state index is 5.59. The van der Waals surface area contributed by atoms with Gasteiger partial charge in [0.2, 0.25) is 0 Å². The minimum atomic E-state index is 0.659. The fourth-order valence-electron chi connectivity index (χ4n) is 1.06. The largest absolute Gasteiger partial charge is 0.402 e. The Labute approximate surface area is 49.5 Å². The molecule has 1 aliphatic carbocycles. The van der Waals surface area contributed by atoms with E-state index in [1.807, 2.05) is 0 Å². The van der Waals surface area contributed by atoms with Gasteiger partial charge in [-0.15, -0.1) is 0 Å². The van der Waals surface area contributed by atoms with Crippen LogP contribution in [0.3, 0.4) is 0 Å². The monoisotopic (exact) mass is 112 g/mol. The Morgan fingerprint density at radius 1 is 1.38 bits per heavy atom. The number of nitrogens with two attached hydrogens (primary N) is 2. The maximum Gasteiger partial charge on any atom is 0.0156 e. The summed E-state index contributed by atoms with van der Waals surface area (Å²) < 4.78 is 0. The molecule has 0 aliphatic heterocycles. The van der Waals surface area contributed by atoms with Gasteiger partial charge in [0.05, 0.1) is 0 Å². The molecule has 2 heteroatoms. The lowest BCUT2D eigenvalue weighted by Gasteiger charge is -1.94. The second-order valence-electron chi connectivity index (χ2n) is 2.19. The van der Waals surface area contributed by atoms with Crippen LogP contribution in [0.25, 0.3) is 0 Å². The third kappa shape index (κ3) is 0.842. The van der Waals surface area contributed by atoms with Crippen molar-refractivity contribution in [3.63, 3.8) is 0 Å². The van der Waals surface area contributed by atoms with Crippen LogP contribution < -0.4 is 11.5 Å². The van der Waals surface area contributed by atoms with E-state index in [2.05, 4.69) is 0 Å². The zero-order valence-electron chi connectivity index (χ0n) is 4.98. The fraction of sp³-hybridized carbons (Fsp3) is 0.667. The van der Waals surface area contributed by atoms with Crippen LogP contribution in [0.1, 0.15) is 19.3 Å². The predicted octanol–water partition coefficient (Wildman–Crippen LogP) is 0.342. The molecule has 0 atom stereocenters. The molecule has 0 radical (unpaired) electrons. The molecule has 1 rings (SSSR count). The van der Waals surface area contributed by atoms with Crippen LogP contribution in [-0.2, 0) is 0 Å². The Morgan fingerprint density at radius 2 is 2.12 bits per heavy atom. The van der Waals surface area contributed by atoms with Gasteiger partial charge in [-0.1, -0.05) is 0 Å². The molecule has 0 saturated carbocycles. The predicted molar refractivity (Wildman–Crippen MR) is 34.1 cm³/mol. The molecule has 0 unspecified atom stereocenters. The summed E-state index contributed by atoms with van der Waals surface area (Å²) in [5.41, 5.74) is 13.3. The topological polar surface area (TPSA) is 52.0 Å². The molecule has 0 aromatic heterocycles. The smallest absolute Gasteiger partial charge is 0.0156 e. The summed E-state index contributed by atoms with van der Waals surface area (Å²) in [4.78, 5) is 0. The van der Waals surface area contributed by atoms with Crippen LogP contribution in [0, 0.1) is 0 Å². The third-order valence-corrected chi connectivity index (χ3v) is 1.63. The fourth-order valence-corrected chi connectivity index (χ4v) is 1.06. The molecule has 0 aromatic rings. The normalized spacial score (nSPS) is 20.1. The van der Waals surface area contributed by atoms with Crippen molar-refractivity contribution in [2.24, 2.45) is 11.5 Å². The summed E-state index contributed by atoms with van der Waals surface area (Å²) in [6.07, 6.45) is 3.40. The van der Waals surface area contributed by atoms with Crippen LogP contribution in [0.5, 0.6) is 0 Å². The molecule has 0 spiro atoms. The highest BCUT2D eigenvalue weighted by atomic mass is 14.6. The van der Waals surface area contributed by atoms with Gasteiger partial charge in [0, 0.05) is 12.2 Å². The second-order valence-corrected chi connectivity index (χ2v) is 2.19. The Balaban J connectivity index is 2.58. The Morgan fingerprint density at radius 3 is 2.38 bits per heavy atom. The highest BCUT2D eigenvalue weighted by Gasteiger charge is 2.08. The molecule has 0 heterocycles. The van der Waals surface area contributed by atoms with Crippen molar-refractivity contribution in [2.75, 3.05) is 6.54 Å². The highest BCUT2D eigenvalue weighted by Crippen LogP contribution is 2.20. The van der Waals surface area contributed by atoms with Crippen LogP contribution in [0.15, 0.2) is 11.3 Å². The second kappa shape index (κ2) is 2.18. The first-order chi connectivity index (χ1) is 3.84. The standard InChI is InChI=1S/C6H12N2/c7-4-5-2-1-3-6(5)8/h1-4,7-8H2. The first kappa shape index (κ1) is 5.63. The molecule has 46 valence electrons. The molecule has 0 saturated heterocycles. The van der Waals surface area contributed by atoms with Crippen molar-refractivity contribution in [3.8, 4) is 0 Å². The lowest BCUT2D eigenvalue weighted by Crippen LogP contribution is -2.06. The quantitative estimate of drug-likeness (QED) is 0.514. The highest BCUT2D eigenvalue weighted by molar-refractivity contribution is 5.17. The number of allylic oxidation sites excluding steroid dienone is 1. The lowest BCUT2D eigenvalue weighted by atomic mass is 10.2. The van der Waals surface area contributed by atoms with E-state index in [4.69, 9.17) is 11.5 Å². The molecular formula is C6H12N2. The molecule has 0 amide bonds. The number of hydrogen-bond donors (Lipinski definition) is 2. The van der Waals surface area contributed by atoms with E-state index in [1.54, 1.807) is 0 Å². The number of hydrogen-bond acceptors (Lipinski definition) is 2. The van der Waals surface area contributed by atoms with E-state index in [0.29, 0.717) is 6.54 Å². The van der Waals surface area contributed by atoms with Crippen LogP contribution in [-0.4, -0.2) is 6.54 Å². The van der Waals surface area contributed by atoms with Crippen LogP contribution in [0.2, 0.25) is 0 Å². The first-order valence-corrected chi connectivity index (χ1v) is 3.01. The summed E-state index contributed by atoms with van der Waals surface area (Å²) in [5, 5.41) is 0. The summed E-state index contributed by atoms with van der Waals surface area (Å²) >= 11 is 0. The van der Waals surface area contributed by atoms with Gasteiger partial charge in [0.1, 0.15) is 0 Å². The molecular weight excluding hydrogens is 100 g/mol. The van der Waals surface area contributed by atoms with Crippen molar-refractivity contribution in [2.45, 2.75) is 19.3 Å². The van der Waals surface area contributed by atoms with Gasteiger partial charge >= 0.3 is 0 Å². The van der Waals surface area contributed by atoms with Crippen molar-refractivity contribution >= 4 is 0 Å². The molecule has 2 nitrogen and oxygen atoms in total. The van der Waals surface area contributed by atoms with Gasteiger partial charge in [-0.2, -0.15) is 0 Å². The van der Waals surface area contributed by atoms with E-state index >= 15 is 0 Å². The van der Waals surface area contributed by atoms with Crippen molar-refractivity contribution in [1.29, 1.82) is 0 Å². The van der Waals surface area contributed by atoms with E-state index in [9.17, 15) is 0 Å². The Kier molecular flexibility index (Phi) is 1.53. The zero-order chi connectivity index (χ0) is 5.98. The van der Waals surface area contributed by atoms with Gasteiger partial charge in [-0.3, -0.25) is 0 Å². The number of rotatable bonds is 1. The van der Waals surface area contributed by atoms with Crippen molar-refractivity contribution in [1.82, 2.24) is 0 Å². The van der Waals surface area contributed by atoms with E-state index < -0.39 is 0 Å². The van der Waals surface area contributed by atoms with Gasteiger partial charge in [-0.05, 0) is 24.8 Å². The average molecular weight is 112 g/mol. The lowest BCUT2D eigenvalue weighted by molar-refractivity contribution is 0.879. The first-order valence-electron chi connectivity index (χ1n) is 3.01. The third-order valence-electron chi connectivity index (χ3n) is 1.63. The molecule has 0 aromatic carbocycles. The zero-order valence-corrected chi connectivity index (χ0v) is 4.98. The Hall–Kier alpha value is -0.500. The SMILES string of the molecule is NCC1=C(N)CCC1. The molecule has 0 bridgehead atoms. The van der Waals surface area contributed by atoms with Crippen molar-refractivity contribution in [3.05, 3.63) is 11.3 Å². The Bertz CT molecular complexity index is 116. The molecule has 0 fully saturated rings. The minimum absolute atomic E-state index is 0.659. The summed E-state index contributed by atoms with van der Waals surface area (Å²) in [5.74, 6) is 0. The van der Waals surface area contributed by atoms with E-state index in [0.717, 1.165) is 18.5 Å². The van der Waals surface area contributed by atoms with Crippen LogP contribution >= 0.6 is 0 Å².